The maximum atomic E-state index is 6.07. The van der Waals surface area contributed by atoms with Crippen molar-refractivity contribution >= 4 is 0 Å². The van der Waals surface area contributed by atoms with Crippen LogP contribution in [0.5, 0.6) is 0 Å². The van der Waals surface area contributed by atoms with Crippen molar-refractivity contribution in [2.75, 3.05) is 13.2 Å². The summed E-state index contributed by atoms with van der Waals surface area (Å²) in [6.07, 6.45) is 9.18. The molecule has 1 aliphatic carbocycles. The number of hydrogen-bond donors (Lipinski definition) is 1. The molecule has 4 nitrogen and oxygen atoms in total. The van der Waals surface area contributed by atoms with Gasteiger partial charge in [0, 0.05) is 31.8 Å². The Labute approximate surface area is 102 Å². The van der Waals surface area contributed by atoms with Crippen molar-refractivity contribution in [3.05, 3.63) is 18.0 Å². The number of nitrogens with two attached hydrogens (primary N) is 1. The third kappa shape index (κ3) is 2.00. The molecule has 3 rings (SSSR count). The van der Waals surface area contributed by atoms with E-state index < -0.39 is 0 Å². The minimum atomic E-state index is 0.157. The van der Waals surface area contributed by atoms with E-state index in [4.69, 9.17) is 10.5 Å². The first-order valence-electron chi connectivity index (χ1n) is 6.53. The van der Waals surface area contributed by atoms with Gasteiger partial charge in [-0.2, -0.15) is 5.10 Å². The van der Waals surface area contributed by atoms with Crippen molar-refractivity contribution in [2.45, 2.75) is 31.8 Å². The van der Waals surface area contributed by atoms with Crippen molar-refractivity contribution in [1.29, 1.82) is 0 Å². The Balaban J connectivity index is 1.80. The van der Waals surface area contributed by atoms with Crippen LogP contribution >= 0.6 is 0 Å². The summed E-state index contributed by atoms with van der Waals surface area (Å²) in [5.41, 5.74) is 7.52. The lowest BCUT2D eigenvalue weighted by molar-refractivity contribution is 0.0345. The molecule has 1 aromatic heterocycles. The molecule has 1 aromatic rings. The van der Waals surface area contributed by atoms with Crippen LogP contribution < -0.4 is 5.73 Å². The fraction of sp³-hybridized carbons (Fsp3) is 0.769. The molecule has 1 aliphatic heterocycles. The summed E-state index contributed by atoms with van der Waals surface area (Å²) in [6, 6.07) is 0. The number of hydrogen-bond acceptors (Lipinski definition) is 3. The Morgan fingerprint density at radius 1 is 1.59 bits per heavy atom. The number of aryl methyl sites for hydroxylation is 1. The zero-order chi connectivity index (χ0) is 11.9. The Hall–Kier alpha value is -0.870. The van der Waals surface area contributed by atoms with Crippen LogP contribution in [0.15, 0.2) is 12.4 Å². The predicted molar refractivity (Wildman–Crippen MR) is 65.5 cm³/mol. The minimum absolute atomic E-state index is 0.157. The van der Waals surface area contributed by atoms with Crippen LogP contribution in [0.4, 0.5) is 0 Å². The zero-order valence-electron chi connectivity index (χ0n) is 10.4. The second-order valence-corrected chi connectivity index (χ2v) is 5.64. The summed E-state index contributed by atoms with van der Waals surface area (Å²) in [7, 11) is 1.96. The highest BCUT2D eigenvalue weighted by Gasteiger charge is 2.50. The minimum Gasteiger partial charge on any atom is -0.377 e. The van der Waals surface area contributed by atoms with Gasteiger partial charge in [-0.05, 0) is 37.2 Å². The molecule has 2 N–H and O–H groups in total. The van der Waals surface area contributed by atoms with E-state index in [2.05, 4.69) is 11.3 Å². The van der Waals surface area contributed by atoms with Crippen molar-refractivity contribution in [2.24, 2.45) is 24.1 Å². The maximum Gasteiger partial charge on any atom is 0.0675 e. The molecule has 2 fully saturated rings. The number of rotatable bonds is 4. The molecule has 1 saturated carbocycles. The van der Waals surface area contributed by atoms with Crippen LogP contribution in [-0.2, 0) is 18.2 Å². The molecule has 0 bridgehead atoms. The Morgan fingerprint density at radius 3 is 3.00 bits per heavy atom. The topological polar surface area (TPSA) is 53.1 Å². The summed E-state index contributed by atoms with van der Waals surface area (Å²) in [6.45, 7) is 1.60. The lowest BCUT2D eigenvalue weighted by atomic mass is 9.74. The number of aromatic nitrogens is 2. The summed E-state index contributed by atoms with van der Waals surface area (Å²) in [5, 5.41) is 4.24. The van der Waals surface area contributed by atoms with E-state index in [9.17, 15) is 0 Å². The molecule has 4 heteroatoms. The van der Waals surface area contributed by atoms with Crippen LogP contribution in [0.1, 0.15) is 24.8 Å². The average molecular weight is 235 g/mol. The normalized spacial score (nSPS) is 33.2. The molecule has 2 unspecified atom stereocenters. The second-order valence-electron chi connectivity index (χ2n) is 5.64. The summed E-state index contributed by atoms with van der Waals surface area (Å²) >= 11 is 0. The van der Waals surface area contributed by atoms with Gasteiger partial charge in [-0.3, -0.25) is 4.68 Å². The van der Waals surface area contributed by atoms with Crippen LogP contribution in [0.25, 0.3) is 0 Å². The van der Waals surface area contributed by atoms with Crippen molar-refractivity contribution in [1.82, 2.24) is 9.78 Å². The van der Waals surface area contributed by atoms with E-state index in [1.807, 2.05) is 17.9 Å². The van der Waals surface area contributed by atoms with E-state index in [0.717, 1.165) is 31.9 Å². The molecule has 1 saturated heterocycles. The summed E-state index contributed by atoms with van der Waals surface area (Å²) < 4.78 is 7.82. The first-order chi connectivity index (χ1) is 8.23. The van der Waals surface area contributed by atoms with Gasteiger partial charge < -0.3 is 10.5 Å². The van der Waals surface area contributed by atoms with Gasteiger partial charge >= 0.3 is 0 Å². The van der Waals surface area contributed by atoms with Gasteiger partial charge in [0.05, 0.1) is 12.3 Å². The molecule has 94 valence electrons. The molecule has 17 heavy (non-hydrogen) atoms. The van der Waals surface area contributed by atoms with E-state index in [1.54, 1.807) is 0 Å². The summed E-state index contributed by atoms with van der Waals surface area (Å²) in [4.78, 5) is 0. The molecule has 0 aromatic carbocycles. The zero-order valence-corrected chi connectivity index (χ0v) is 10.4. The highest BCUT2D eigenvalue weighted by atomic mass is 16.5. The van der Waals surface area contributed by atoms with Gasteiger partial charge in [0.25, 0.3) is 0 Å². The largest absolute Gasteiger partial charge is 0.377 e. The van der Waals surface area contributed by atoms with Crippen LogP contribution in [0.3, 0.4) is 0 Å². The number of nitrogens with zero attached hydrogens (tertiary/aromatic N) is 2. The third-order valence-electron chi connectivity index (χ3n) is 4.27. The smallest absolute Gasteiger partial charge is 0.0675 e. The maximum absolute atomic E-state index is 6.07. The lowest BCUT2D eigenvalue weighted by Crippen LogP contribution is -2.41. The molecule has 2 atom stereocenters. The Morgan fingerprint density at radius 2 is 2.41 bits per heavy atom. The molecule has 2 heterocycles. The van der Waals surface area contributed by atoms with Crippen LogP contribution in [0, 0.1) is 11.3 Å². The fourth-order valence-corrected chi connectivity index (χ4v) is 3.19. The highest BCUT2D eigenvalue weighted by Crippen LogP contribution is 2.48. The summed E-state index contributed by atoms with van der Waals surface area (Å²) in [5.74, 6) is 0.762. The Bertz CT molecular complexity index is 399. The van der Waals surface area contributed by atoms with E-state index >= 15 is 0 Å². The Kier molecular flexibility index (Phi) is 2.71. The first-order valence-corrected chi connectivity index (χ1v) is 6.53. The molecule has 0 radical (unpaired) electrons. The van der Waals surface area contributed by atoms with Crippen molar-refractivity contribution in [3.8, 4) is 0 Å². The van der Waals surface area contributed by atoms with Gasteiger partial charge in [0.1, 0.15) is 0 Å². The quantitative estimate of drug-likeness (QED) is 0.850. The fourth-order valence-electron chi connectivity index (χ4n) is 3.19. The van der Waals surface area contributed by atoms with E-state index in [0.29, 0.717) is 6.10 Å². The van der Waals surface area contributed by atoms with Crippen LogP contribution in [-0.4, -0.2) is 29.0 Å². The molecular formula is C13H21N3O. The lowest BCUT2D eigenvalue weighted by Gasteiger charge is -2.32. The van der Waals surface area contributed by atoms with E-state index in [1.165, 1.54) is 18.4 Å². The first kappa shape index (κ1) is 11.2. The monoisotopic (exact) mass is 235 g/mol. The predicted octanol–water partition coefficient (Wildman–Crippen LogP) is 1.11. The van der Waals surface area contributed by atoms with Gasteiger partial charge in [-0.1, -0.05) is 0 Å². The van der Waals surface area contributed by atoms with Gasteiger partial charge in [-0.15, -0.1) is 0 Å². The molecular weight excluding hydrogens is 214 g/mol. The van der Waals surface area contributed by atoms with Gasteiger partial charge in [-0.25, -0.2) is 0 Å². The van der Waals surface area contributed by atoms with Gasteiger partial charge in [0.2, 0.25) is 0 Å². The van der Waals surface area contributed by atoms with Crippen molar-refractivity contribution < 1.29 is 4.74 Å². The standard InChI is InChI=1S/C13H21N3O/c1-16-8-10(7-15-16)6-13(9-14)4-5-17-12(13)11-2-3-11/h7-8,11-12H,2-6,9,14H2,1H3. The van der Waals surface area contributed by atoms with Crippen molar-refractivity contribution in [3.63, 3.8) is 0 Å². The average Bonchev–Trinajstić information content (AvgIpc) is 2.96. The SMILES string of the molecule is Cn1cc(CC2(CN)CCOC2C2CC2)cn1. The highest BCUT2D eigenvalue weighted by molar-refractivity contribution is 5.12. The molecule has 2 aliphatic rings. The second kappa shape index (κ2) is 4.10. The van der Waals surface area contributed by atoms with E-state index in [-0.39, 0.29) is 5.41 Å². The molecule has 0 spiro atoms. The number of ether oxygens (including phenoxy) is 1. The molecule has 0 amide bonds. The third-order valence-corrected chi connectivity index (χ3v) is 4.27. The van der Waals surface area contributed by atoms with Crippen LogP contribution in [0.2, 0.25) is 0 Å². The van der Waals surface area contributed by atoms with Gasteiger partial charge in [0.15, 0.2) is 0 Å².